The highest BCUT2D eigenvalue weighted by molar-refractivity contribution is 7.91. The van der Waals surface area contributed by atoms with Crippen LogP contribution in [0.4, 0.5) is 0 Å². The number of oxazole rings is 1. The highest BCUT2D eigenvalue weighted by Gasteiger charge is 2.29. The lowest BCUT2D eigenvalue weighted by Gasteiger charge is -2.18. The summed E-state index contributed by atoms with van der Waals surface area (Å²) >= 11 is 0. The van der Waals surface area contributed by atoms with Gasteiger partial charge in [-0.2, -0.15) is 0 Å². The predicted molar refractivity (Wildman–Crippen MR) is 62.5 cm³/mol. The summed E-state index contributed by atoms with van der Waals surface area (Å²) in [6.07, 6.45) is 2.93. The SMILES string of the molecule is CC(O)Cc1coc(C2CCCS(=O)(=O)C2)n1. The molecule has 0 radical (unpaired) electrons. The third-order valence-electron chi connectivity index (χ3n) is 2.89. The van der Waals surface area contributed by atoms with Gasteiger partial charge < -0.3 is 9.52 Å². The van der Waals surface area contributed by atoms with E-state index in [1.807, 2.05) is 0 Å². The highest BCUT2D eigenvalue weighted by Crippen LogP contribution is 2.27. The van der Waals surface area contributed by atoms with Crippen LogP contribution < -0.4 is 0 Å². The van der Waals surface area contributed by atoms with Gasteiger partial charge >= 0.3 is 0 Å². The molecule has 5 nitrogen and oxygen atoms in total. The van der Waals surface area contributed by atoms with Crippen LogP contribution in [0.1, 0.15) is 37.3 Å². The van der Waals surface area contributed by atoms with Crippen molar-refractivity contribution in [2.45, 2.75) is 38.2 Å². The lowest BCUT2D eigenvalue weighted by atomic mass is 10.1. The van der Waals surface area contributed by atoms with Crippen LogP contribution in [0.3, 0.4) is 0 Å². The van der Waals surface area contributed by atoms with Crippen molar-refractivity contribution < 1.29 is 17.9 Å². The molecular formula is C11H17NO4S. The molecule has 0 saturated carbocycles. The van der Waals surface area contributed by atoms with Gasteiger partial charge in [-0.3, -0.25) is 0 Å². The molecular weight excluding hydrogens is 242 g/mol. The lowest BCUT2D eigenvalue weighted by Crippen LogP contribution is -2.23. The van der Waals surface area contributed by atoms with Crippen LogP contribution in [0, 0.1) is 0 Å². The Balaban J connectivity index is 2.09. The van der Waals surface area contributed by atoms with Crippen LogP contribution in [0.2, 0.25) is 0 Å². The molecule has 1 fully saturated rings. The largest absolute Gasteiger partial charge is 0.448 e. The summed E-state index contributed by atoms with van der Waals surface area (Å²) < 4.78 is 28.3. The van der Waals surface area contributed by atoms with Crippen LogP contribution in [0.15, 0.2) is 10.7 Å². The average molecular weight is 259 g/mol. The van der Waals surface area contributed by atoms with Gasteiger partial charge in [0.05, 0.1) is 23.3 Å². The summed E-state index contributed by atoms with van der Waals surface area (Å²) in [6, 6.07) is 0. The van der Waals surface area contributed by atoms with Gasteiger partial charge in [-0.15, -0.1) is 0 Å². The molecule has 0 bridgehead atoms. The van der Waals surface area contributed by atoms with Crippen molar-refractivity contribution in [1.29, 1.82) is 0 Å². The van der Waals surface area contributed by atoms with Crippen molar-refractivity contribution in [2.24, 2.45) is 0 Å². The van der Waals surface area contributed by atoms with E-state index in [4.69, 9.17) is 4.42 Å². The van der Waals surface area contributed by atoms with Crippen LogP contribution in [-0.2, 0) is 16.3 Å². The summed E-state index contributed by atoms with van der Waals surface area (Å²) in [5.41, 5.74) is 0.679. The minimum absolute atomic E-state index is 0.127. The fraction of sp³-hybridized carbons (Fsp3) is 0.727. The molecule has 2 unspecified atom stereocenters. The number of rotatable bonds is 3. The minimum atomic E-state index is -2.94. The summed E-state index contributed by atoms with van der Waals surface area (Å²) in [6.45, 7) is 1.68. The van der Waals surface area contributed by atoms with Crippen LogP contribution in [0.25, 0.3) is 0 Å². The van der Waals surface area contributed by atoms with Gasteiger partial charge in [0.2, 0.25) is 0 Å². The first-order chi connectivity index (χ1) is 7.96. The van der Waals surface area contributed by atoms with Gasteiger partial charge in [0.25, 0.3) is 0 Å². The summed E-state index contributed by atoms with van der Waals surface area (Å²) in [5, 5.41) is 9.23. The van der Waals surface area contributed by atoms with E-state index in [1.165, 1.54) is 6.26 Å². The summed E-state index contributed by atoms with van der Waals surface area (Å²) in [7, 11) is -2.94. The highest BCUT2D eigenvalue weighted by atomic mass is 32.2. The van der Waals surface area contributed by atoms with E-state index in [-0.39, 0.29) is 17.4 Å². The standard InChI is InChI=1S/C11H17NO4S/c1-8(13)5-10-6-16-11(12-10)9-3-2-4-17(14,15)7-9/h6,8-9,13H,2-5,7H2,1H3. The third-order valence-corrected chi connectivity index (χ3v) is 4.71. The zero-order valence-electron chi connectivity index (χ0n) is 9.80. The number of sulfone groups is 1. The monoisotopic (exact) mass is 259 g/mol. The van der Waals surface area contributed by atoms with Crippen LogP contribution in [-0.4, -0.2) is 36.1 Å². The first kappa shape index (κ1) is 12.6. The molecule has 1 aliphatic heterocycles. The second-order valence-electron chi connectivity index (χ2n) is 4.68. The maximum atomic E-state index is 11.5. The lowest BCUT2D eigenvalue weighted by molar-refractivity contribution is 0.194. The number of aromatic nitrogens is 1. The second-order valence-corrected chi connectivity index (χ2v) is 6.91. The predicted octanol–water partition coefficient (Wildman–Crippen LogP) is 0.890. The average Bonchev–Trinajstić information content (AvgIpc) is 2.63. The third kappa shape index (κ3) is 3.29. The Kier molecular flexibility index (Phi) is 3.53. The molecule has 1 aromatic rings. The van der Waals surface area contributed by atoms with Gasteiger partial charge in [0, 0.05) is 12.3 Å². The van der Waals surface area contributed by atoms with E-state index >= 15 is 0 Å². The van der Waals surface area contributed by atoms with E-state index in [0.717, 1.165) is 6.42 Å². The summed E-state index contributed by atoms with van der Waals surface area (Å²) in [4.78, 5) is 4.25. The molecule has 6 heteroatoms. The van der Waals surface area contributed by atoms with Crippen molar-refractivity contribution in [3.05, 3.63) is 17.8 Å². The van der Waals surface area contributed by atoms with Gasteiger partial charge in [0.1, 0.15) is 6.26 Å². The topological polar surface area (TPSA) is 80.4 Å². The smallest absolute Gasteiger partial charge is 0.198 e. The summed E-state index contributed by atoms with van der Waals surface area (Å²) in [5.74, 6) is 0.757. The molecule has 1 N–H and O–H groups in total. The molecule has 0 aromatic carbocycles. The molecule has 2 atom stereocenters. The Morgan fingerprint density at radius 1 is 1.65 bits per heavy atom. The fourth-order valence-corrected chi connectivity index (χ4v) is 3.82. The normalized spacial score (nSPS) is 25.6. The van der Waals surface area contributed by atoms with E-state index in [9.17, 15) is 13.5 Å². The number of aliphatic hydroxyl groups is 1. The maximum Gasteiger partial charge on any atom is 0.198 e. The van der Waals surface area contributed by atoms with Gasteiger partial charge in [-0.25, -0.2) is 13.4 Å². The number of hydrogen-bond acceptors (Lipinski definition) is 5. The Labute approximate surface area is 101 Å². The van der Waals surface area contributed by atoms with E-state index in [1.54, 1.807) is 6.92 Å². The molecule has 2 heterocycles. The zero-order valence-corrected chi connectivity index (χ0v) is 10.6. The molecule has 1 saturated heterocycles. The van der Waals surface area contributed by atoms with E-state index < -0.39 is 15.9 Å². The maximum absolute atomic E-state index is 11.5. The van der Waals surface area contributed by atoms with E-state index in [2.05, 4.69) is 4.98 Å². The Hall–Kier alpha value is -0.880. The Morgan fingerprint density at radius 2 is 2.41 bits per heavy atom. The Bertz CT molecular complexity index is 477. The second kappa shape index (κ2) is 4.78. The molecule has 0 spiro atoms. The fourth-order valence-electron chi connectivity index (χ4n) is 2.12. The van der Waals surface area contributed by atoms with Crippen LogP contribution in [0.5, 0.6) is 0 Å². The van der Waals surface area contributed by atoms with Crippen molar-refractivity contribution in [3.8, 4) is 0 Å². The molecule has 0 amide bonds. The number of aliphatic hydroxyl groups excluding tert-OH is 1. The Morgan fingerprint density at radius 3 is 3.06 bits per heavy atom. The van der Waals surface area contributed by atoms with Crippen molar-refractivity contribution in [1.82, 2.24) is 4.98 Å². The quantitative estimate of drug-likeness (QED) is 0.872. The van der Waals surface area contributed by atoms with Gasteiger partial charge in [-0.1, -0.05) is 0 Å². The first-order valence-electron chi connectivity index (χ1n) is 5.79. The number of nitrogens with zero attached hydrogens (tertiary/aromatic N) is 1. The van der Waals surface area contributed by atoms with Crippen LogP contribution >= 0.6 is 0 Å². The zero-order chi connectivity index (χ0) is 12.5. The molecule has 1 aromatic heterocycles. The van der Waals surface area contributed by atoms with Gasteiger partial charge in [-0.05, 0) is 19.8 Å². The molecule has 0 aliphatic carbocycles. The first-order valence-corrected chi connectivity index (χ1v) is 7.61. The molecule has 2 rings (SSSR count). The van der Waals surface area contributed by atoms with Crippen molar-refractivity contribution >= 4 is 9.84 Å². The minimum Gasteiger partial charge on any atom is -0.448 e. The molecule has 96 valence electrons. The van der Waals surface area contributed by atoms with Crippen molar-refractivity contribution in [2.75, 3.05) is 11.5 Å². The van der Waals surface area contributed by atoms with Gasteiger partial charge in [0.15, 0.2) is 15.7 Å². The number of hydrogen-bond donors (Lipinski definition) is 1. The van der Waals surface area contributed by atoms with E-state index in [0.29, 0.717) is 24.4 Å². The molecule has 17 heavy (non-hydrogen) atoms. The molecule has 1 aliphatic rings. The van der Waals surface area contributed by atoms with Crippen molar-refractivity contribution in [3.63, 3.8) is 0 Å².